The molecule has 12 heteroatoms. The van der Waals surface area contributed by atoms with Crippen molar-refractivity contribution >= 4 is 105 Å². The molecule has 0 heterocycles. The van der Waals surface area contributed by atoms with Crippen LogP contribution in [0.2, 0.25) is 0 Å². The summed E-state index contributed by atoms with van der Waals surface area (Å²) in [5, 5.41) is 1.15. The van der Waals surface area contributed by atoms with Crippen LogP contribution in [0.4, 0.5) is 0 Å². The molecule has 0 bridgehead atoms. The van der Waals surface area contributed by atoms with Gasteiger partial charge in [-0.15, -0.1) is 0 Å². The summed E-state index contributed by atoms with van der Waals surface area (Å²) in [6.45, 7) is 3.97. The fraction of sp³-hybridized carbons (Fsp3) is 0.600. The Kier molecular flexibility index (Phi) is 18.6. The molecule has 0 aliphatic heterocycles. The molecule has 0 N–H and O–H groups in total. The third kappa shape index (κ3) is 16.8. The van der Waals surface area contributed by atoms with Crippen molar-refractivity contribution in [1.82, 2.24) is 10.5 Å². The van der Waals surface area contributed by atoms with Gasteiger partial charge in [-0.3, -0.25) is 19.2 Å². The molecular weight excluding hydrogens is 338 g/mol. The van der Waals surface area contributed by atoms with Crippen molar-refractivity contribution < 1.29 is 38.5 Å². The summed E-state index contributed by atoms with van der Waals surface area (Å²) in [5.74, 6) is -2.90. The first-order valence-electron chi connectivity index (χ1n) is 5.50. The first-order valence-corrected chi connectivity index (χ1v) is 5.50. The largest absolute Gasteiger partial charge is 0.333 e. The SMILES string of the molecule is CC(=O)ON(CCN(OC(C)=O)OC(C)=O)OC(C)=O.[K].[Na]. The Morgan fingerprint density at radius 3 is 0.955 bits per heavy atom. The third-order valence-electron chi connectivity index (χ3n) is 1.39. The summed E-state index contributed by atoms with van der Waals surface area (Å²) in [6.07, 6.45) is 0. The maximum Gasteiger partial charge on any atom is 0.326 e. The van der Waals surface area contributed by atoms with Gasteiger partial charge in [-0.1, -0.05) is 0 Å². The van der Waals surface area contributed by atoms with Crippen LogP contribution in [0.25, 0.3) is 0 Å². The molecule has 0 atom stereocenters. The number of rotatable bonds is 7. The number of nitrogens with zero attached hydrogens (tertiary/aromatic N) is 2. The zero-order valence-corrected chi connectivity index (χ0v) is 18.7. The topological polar surface area (TPSA) is 112 Å². The van der Waals surface area contributed by atoms with Gasteiger partial charge in [-0.2, -0.15) is 0 Å². The van der Waals surface area contributed by atoms with E-state index in [1.807, 2.05) is 0 Å². The van der Waals surface area contributed by atoms with Crippen LogP contribution in [0.5, 0.6) is 0 Å². The molecule has 0 saturated heterocycles. The van der Waals surface area contributed by atoms with E-state index in [-0.39, 0.29) is 94.0 Å². The summed E-state index contributed by atoms with van der Waals surface area (Å²) >= 11 is 0. The van der Waals surface area contributed by atoms with Gasteiger partial charge in [-0.05, 0) is 0 Å². The summed E-state index contributed by atoms with van der Waals surface area (Å²) in [7, 11) is 0. The molecule has 0 spiro atoms. The van der Waals surface area contributed by atoms with Crippen LogP contribution < -0.4 is 0 Å². The fourth-order valence-electron chi connectivity index (χ4n) is 0.957. The minimum atomic E-state index is -0.724. The monoisotopic (exact) mass is 354 g/mol. The molecule has 0 aromatic heterocycles. The zero-order valence-electron chi connectivity index (χ0n) is 13.6. The Labute approximate surface area is 192 Å². The first kappa shape index (κ1) is 27.3. The minimum Gasteiger partial charge on any atom is -0.333 e. The van der Waals surface area contributed by atoms with Crippen LogP contribution in [0, 0.1) is 0 Å². The average molecular weight is 354 g/mol. The van der Waals surface area contributed by atoms with Gasteiger partial charge in [0.2, 0.25) is 0 Å². The molecule has 10 nitrogen and oxygen atoms in total. The fourth-order valence-corrected chi connectivity index (χ4v) is 0.957. The average Bonchev–Trinajstić information content (AvgIpc) is 2.22. The van der Waals surface area contributed by atoms with Gasteiger partial charge >= 0.3 is 23.9 Å². The molecule has 0 saturated carbocycles. The van der Waals surface area contributed by atoms with E-state index in [9.17, 15) is 19.2 Å². The number of hydroxylamine groups is 4. The van der Waals surface area contributed by atoms with Crippen LogP contribution in [0.1, 0.15) is 27.7 Å². The van der Waals surface area contributed by atoms with Gasteiger partial charge < -0.3 is 19.4 Å². The number of carbonyl (C=O) groups excluding carboxylic acids is 4. The van der Waals surface area contributed by atoms with Crippen molar-refractivity contribution in [3.05, 3.63) is 0 Å². The predicted octanol–water partition coefficient (Wildman–Crippen LogP) is -1.26. The van der Waals surface area contributed by atoms with Crippen molar-refractivity contribution in [1.29, 1.82) is 0 Å². The van der Waals surface area contributed by atoms with E-state index < -0.39 is 23.9 Å². The second-order valence-electron chi connectivity index (χ2n) is 3.44. The van der Waals surface area contributed by atoms with Crippen LogP contribution >= 0.6 is 0 Å². The Bertz CT molecular complexity index is 327. The molecule has 0 rings (SSSR count). The number of carbonyl (C=O) groups is 4. The molecule has 0 fully saturated rings. The van der Waals surface area contributed by atoms with E-state index in [4.69, 9.17) is 0 Å². The smallest absolute Gasteiger partial charge is 0.326 e. The van der Waals surface area contributed by atoms with E-state index in [2.05, 4.69) is 19.4 Å². The third-order valence-corrected chi connectivity index (χ3v) is 1.39. The molecule has 2 radical (unpaired) electrons. The summed E-state index contributed by atoms with van der Waals surface area (Å²) < 4.78 is 0. The molecule has 0 unspecified atom stereocenters. The second-order valence-corrected chi connectivity index (χ2v) is 3.44. The molecule has 116 valence electrons. The van der Waals surface area contributed by atoms with Crippen molar-refractivity contribution in [2.75, 3.05) is 13.1 Å². The van der Waals surface area contributed by atoms with Crippen molar-refractivity contribution in [2.24, 2.45) is 0 Å². The van der Waals surface area contributed by atoms with Gasteiger partial charge in [-0.25, -0.2) is 0 Å². The molecular formula is C10H16KN2NaO8. The van der Waals surface area contributed by atoms with E-state index in [0.717, 1.165) is 27.7 Å². The Balaban J connectivity index is -0.00000180. The van der Waals surface area contributed by atoms with Crippen molar-refractivity contribution in [3.8, 4) is 0 Å². The summed E-state index contributed by atoms with van der Waals surface area (Å²) in [4.78, 5) is 61.4. The van der Waals surface area contributed by atoms with Gasteiger partial charge in [0, 0.05) is 119 Å². The Morgan fingerprint density at radius 1 is 0.636 bits per heavy atom. The van der Waals surface area contributed by atoms with E-state index in [1.165, 1.54) is 0 Å². The minimum absolute atomic E-state index is 0. The summed E-state index contributed by atoms with van der Waals surface area (Å²) in [6, 6.07) is 0. The van der Waals surface area contributed by atoms with Crippen LogP contribution in [0.15, 0.2) is 0 Å². The van der Waals surface area contributed by atoms with Crippen LogP contribution in [-0.4, -0.2) is 128 Å². The molecule has 22 heavy (non-hydrogen) atoms. The van der Waals surface area contributed by atoms with Gasteiger partial charge in [0.05, 0.1) is 13.1 Å². The Morgan fingerprint density at radius 2 is 0.818 bits per heavy atom. The molecule has 0 aliphatic rings. The van der Waals surface area contributed by atoms with E-state index in [1.54, 1.807) is 0 Å². The zero-order chi connectivity index (χ0) is 15.7. The predicted molar refractivity (Wildman–Crippen MR) is 72.0 cm³/mol. The quantitative estimate of drug-likeness (QED) is 0.406. The van der Waals surface area contributed by atoms with Gasteiger partial charge in [0.15, 0.2) is 0 Å². The normalized spacial score (nSPS) is 9.18. The number of hydrogen-bond acceptors (Lipinski definition) is 10. The van der Waals surface area contributed by atoms with Crippen molar-refractivity contribution in [3.63, 3.8) is 0 Å². The standard InChI is InChI=1S/C10H16N2O8.K.Na/c1-7(13)17-11(18-8(2)14)5-6-12(19-9(3)15)20-10(4)16;;/h5-6H2,1-4H3;;. The number of hydrogen-bond donors (Lipinski definition) is 0. The molecule has 0 aromatic carbocycles. The maximum atomic E-state index is 10.8. The van der Waals surface area contributed by atoms with Crippen LogP contribution in [0.3, 0.4) is 0 Å². The van der Waals surface area contributed by atoms with Crippen LogP contribution in [-0.2, 0) is 38.5 Å². The second kappa shape index (κ2) is 15.0. The van der Waals surface area contributed by atoms with Crippen molar-refractivity contribution in [2.45, 2.75) is 27.7 Å². The summed E-state index contributed by atoms with van der Waals surface area (Å²) in [5.41, 5.74) is 0. The molecule has 0 aromatic rings. The Hall–Kier alpha value is 0.436. The van der Waals surface area contributed by atoms with E-state index >= 15 is 0 Å². The maximum absolute atomic E-state index is 10.8. The van der Waals surface area contributed by atoms with Gasteiger partial charge in [0.1, 0.15) is 0 Å². The van der Waals surface area contributed by atoms with E-state index in [0.29, 0.717) is 10.5 Å². The first-order chi connectivity index (χ1) is 9.20. The van der Waals surface area contributed by atoms with Gasteiger partial charge in [0.25, 0.3) is 0 Å². The molecule has 0 amide bonds. The molecule has 0 aliphatic carbocycles.